The molecule has 0 aliphatic carbocycles. The average molecular weight is 273 g/mol. The molecule has 1 aliphatic rings. The molecule has 1 aliphatic heterocycles. The molecular weight excluding hydrogens is 250 g/mol. The fraction of sp³-hybridized carbons (Fsp3) is 0.833. The second kappa shape index (κ2) is 8.08. The highest BCUT2D eigenvalue weighted by atomic mass is 16.5. The topological polar surface area (TPSA) is 85.1 Å². The maximum absolute atomic E-state index is 12.0. The van der Waals surface area contributed by atoms with E-state index in [-0.39, 0.29) is 25.0 Å². The van der Waals surface area contributed by atoms with E-state index in [2.05, 4.69) is 4.90 Å². The van der Waals surface area contributed by atoms with Crippen molar-refractivity contribution in [1.29, 1.82) is 0 Å². The van der Waals surface area contributed by atoms with Crippen LogP contribution in [0.15, 0.2) is 0 Å². The van der Waals surface area contributed by atoms with E-state index in [9.17, 15) is 9.59 Å². The van der Waals surface area contributed by atoms with E-state index in [0.29, 0.717) is 19.8 Å². The fourth-order valence-electron chi connectivity index (χ4n) is 2.01. The summed E-state index contributed by atoms with van der Waals surface area (Å²) >= 11 is 0. The van der Waals surface area contributed by atoms with Gasteiger partial charge in [0.2, 0.25) is 11.8 Å². The molecule has 2 N–H and O–H groups in total. The van der Waals surface area contributed by atoms with Crippen LogP contribution in [-0.2, 0) is 19.1 Å². The predicted molar refractivity (Wildman–Crippen MR) is 69.5 cm³/mol. The Bertz CT molecular complexity index is 311. The summed E-state index contributed by atoms with van der Waals surface area (Å²) in [5.41, 5.74) is 5.18. The summed E-state index contributed by atoms with van der Waals surface area (Å²) in [5.74, 6) is -0.660. The molecule has 7 nitrogen and oxygen atoms in total. The van der Waals surface area contributed by atoms with Gasteiger partial charge in [-0.3, -0.25) is 9.59 Å². The van der Waals surface area contributed by atoms with Crippen molar-refractivity contribution in [3.8, 4) is 0 Å². The molecular formula is C12H23N3O4. The quantitative estimate of drug-likeness (QED) is 0.621. The third kappa shape index (κ3) is 6.00. The van der Waals surface area contributed by atoms with E-state index in [4.69, 9.17) is 15.2 Å². The van der Waals surface area contributed by atoms with Gasteiger partial charge in [-0.05, 0) is 7.05 Å². The molecule has 7 heteroatoms. The minimum atomic E-state index is -0.519. The first kappa shape index (κ1) is 15.9. The summed E-state index contributed by atoms with van der Waals surface area (Å²) < 4.78 is 10.5. The second-order valence-electron chi connectivity index (χ2n) is 4.74. The minimum absolute atomic E-state index is 0.0773. The lowest BCUT2D eigenvalue weighted by molar-refractivity contribution is -0.139. The van der Waals surface area contributed by atoms with Crippen molar-refractivity contribution in [3.05, 3.63) is 0 Å². The van der Waals surface area contributed by atoms with Crippen molar-refractivity contribution in [2.45, 2.75) is 12.5 Å². The van der Waals surface area contributed by atoms with Crippen LogP contribution in [0.5, 0.6) is 0 Å². The minimum Gasteiger partial charge on any atom is -0.384 e. The first-order chi connectivity index (χ1) is 9.02. The smallest absolute Gasteiger partial charge is 0.237 e. The fourth-order valence-corrected chi connectivity index (χ4v) is 2.01. The number of ether oxygens (including phenoxy) is 2. The molecule has 0 radical (unpaired) electrons. The molecule has 0 saturated carbocycles. The molecule has 1 saturated heterocycles. The van der Waals surface area contributed by atoms with Crippen LogP contribution in [0.2, 0.25) is 0 Å². The van der Waals surface area contributed by atoms with E-state index in [0.717, 1.165) is 13.1 Å². The van der Waals surface area contributed by atoms with E-state index < -0.39 is 5.91 Å². The van der Waals surface area contributed by atoms with Crippen molar-refractivity contribution in [1.82, 2.24) is 9.80 Å². The summed E-state index contributed by atoms with van der Waals surface area (Å²) in [6, 6.07) is 0. The summed E-state index contributed by atoms with van der Waals surface area (Å²) in [4.78, 5) is 26.6. The van der Waals surface area contributed by atoms with Gasteiger partial charge >= 0.3 is 0 Å². The van der Waals surface area contributed by atoms with Crippen LogP contribution in [0.25, 0.3) is 0 Å². The van der Waals surface area contributed by atoms with Crippen molar-refractivity contribution in [2.24, 2.45) is 5.73 Å². The first-order valence-electron chi connectivity index (χ1n) is 6.38. The van der Waals surface area contributed by atoms with Gasteiger partial charge in [-0.2, -0.15) is 0 Å². The number of amides is 2. The lowest BCUT2D eigenvalue weighted by Crippen LogP contribution is -2.49. The monoisotopic (exact) mass is 273 g/mol. The maximum atomic E-state index is 12.0. The highest BCUT2D eigenvalue weighted by Crippen LogP contribution is 2.06. The number of carbonyl (C=O) groups excluding carboxylic acids is 2. The third-order valence-corrected chi connectivity index (χ3v) is 2.99. The molecule has 110 valence electrons. The number of hydrogen-bond acceptors (Lipinski definition) is 5. The van der Waals surface area contributed by atoms with Gasteiger partial charge in [-0.25, -0.2) is 0 Å². The molecule has 1 unspecified atom stereocenters. The maximum Gasteiger partial charge on any atom is 0.237 e. The Kier molecular flexibility index (Phi) is 6.75. The molecule has 1 atom stereocenters. The number of methoxy groups -OCH3 is 1. The Hall–Kier alpha value is -1.18. The average Bonchev–Trinajstić information content (AvgIpc) is 2.34. The molecule has 0 aromatic heterocycles. The molecule has 1 rings (SSSR count). The number of hydrogen-bond donors (Lipinski definition) is 1. The molecule has 2 amide bonds. The van der Waals surface area contributed by atoms with Crippen molar-refractivity contribution in [3.63, 3.8) is 0 Å². The van der Waals surface area contributed by atoms with Gasteiger partial charge in [0.15, 0.2) is 0 Å². The first-order valence-corrected chi connectivity index (χ1v) is 6.38. The van der Waals surface area contributed by atoms with E-state index in [1.54, 1.807) is 0 Å². The Balaban J connectivity index is 2.52. The summed E-state index contributed by atoms with van der Waals surface area (Å²) in [5, 5.41) is 0. The SMILES string of the molecule is COCCC(=O)N(CC(N)=O)CC1CN(C)CCO1. The van der Waals surface area contributed by atoms with Gasteiger partial charge < -0.3 is 25.0 Å². The molecule has 0 aromatic carbocycles. The van der Waals surface area contributed by atoms with Gasteiger partial charge in [0, 0.05) is 26.7 Å². The lowest BCUT2D eigenvalue weighted by Gasteiger charge is -2.33. The lowest BCUT2D eigenvalue weighted by atomic mass is 10.2. The molecule has 0 bridgehead atoms. The van der Waals surface area contributed by atoms with Crippen molar-refractivity contribution in [2.75, 3.05) is 53.6 Å². The number of nitrogens with zero attached hydrogens (tertiary/aromatic N) is 2. The summed E-state index contributed by atoms with van der Waals surface area (Å²) in [6.07, 6.45) is 0.163. The van der Waals surface area contributed by atoms with Crippen LogP contribution < -0.4 is 5.73 Å². The Morgan fingerprint density at radius 2 is 2.26 bits per heavy atom. The number of carbonyl (C=O) groups is 2. The number of nitrogens with two attached hydrogens (primary N) is 1. The van der Waals surface area contributed by atoms with E-state index in [1.165, 1.54) is 12.0 Å². The number of rotatable bonds is 7. The zero-order valence-corrected chi connectivity index (χ0v) is 11.6. The normalized spacial score (nSPS) is 20.2. The van der Waals surface area contributed by atoms with Crippen LogP contribution in [0.3, 0.4) is 0 Å². The number of primary amides is 1. The highest BCUT2D eigenvalue weighted by Gasteiger charge is 2.24. The van der Waals surface area contributed by atoms with Gasteiger partial charge in [0.1, 0.15) is 0 Å². The van der Waals surface area contributed by atoms with Crippen LogP contribution in [0.1, 0.15) is 6.42 Å². The van der Waals surface area contributed by atoms with Gasteiger partial charge in [-0.15, -0.1) is 0 Å². The molecule has 0 aromatic rings. The van der Waals surface area contributed by atoms with Gasteiger partial charge in [0.05, 0.1) is 32.3 Å². The van der Waals surface area contributed by atoms with Crippen molar-refractivity contribution >= 4 is 11.8 Å². The Morgan fingerprint density at radius 1 is 1.53 bits per heavy atom. The van der Waals surface area contributed by atoms with Gasteiger partial charge in [-0.1, -0.05) is 0 Å². The zero-order valence-electron chi connectivity index (χ0n) is 11.6. The van der Waals surface area contributed by atoms with E-state index in [1.807, 2.05) is 7.05 Å². The second-order valence-corrected chi connectivity index (χ2v) is 4.74. The largest absolute Gasteiger partial charge is 0.384 e. The summed E-state index contributed by atoms with van der Waals surface area (Å²) in [6.45, 7) is 2.90. The summed E-state index contributed by atoms with van der Waals surface area (Å²) in [7, 11) is 3.53. The Labute approximate surface area is 113 Å². The van der Waals surface area contributed by atoms with Crippen LogP contribution >= 0.6 is 0 Å². The van der Waals surface area contributed by atoms with Crippen LogP contribution in [0, 0.1) is 0 Å². The Morgan fingerprint density at radius 3 is 2.84 bits per heavy atom. The highest BCUT2D eigenvalue weighted by molar-refractivity contribution is 5.83. The van der Waals surface area contributed by atoms with Crippen LogP contribution in [0.4, 0.5) is 0 Å². The zero-order chi connectivity index (χ0) is 14.3. The van der Waals surface area contributed by atoms with Crippen molar-refractivity contribution < 1.29 is 19.1 Å². The predicted octanol–water partition coefficient (Wildman–Crippen LogP) is -1.33. The standard InChI is InChI=1S/C12H23N3O4/c1-14-4-6-19-10(7-14)8-15(9-11(13)16)12(17)3-5-18-2/h10H,3-9H2,1-2H3,(H2,13,16). The third-order valence-electron chi connectivity index (χ3n) is 2.99. The molecule has 1 heterocycles. The molecule has 19 heavy (non-hydrogen) atoms. The van der Waals surface area contributed by atoms with E-state index >= 15 is 0 Å². The number of likely N-dealkylation sites (N-methyl/N-ethyl adjacent to an activating group) is 1. The van der Waals surface area contributed by atoms with Gasteiger partial charge in [0.25, 0.3) is 0 Å². The molecule has 1 fully saturated rings. The van der Waals surface area contributed by atoms with Crippen LogP contribution in [-0.4, -0.2) is 81.3 Å². The number of morpholine rings is 1. The molecule has 0 spiro atoms.